The van der Waals surface area contributed by atoms with Crippen molar-refractivity contribution < 1.29 is 9.50 Å². The molecule has 0 spiro atoms. The zero-order valence-corrected chi connectivity index (χ0v) is 8.68. The highest BCUT2D eigenvalue weighted by molar-refractivity contribution is 6.30. The van der Waals surface area contributed by atoms with E-state index in [1.165, 1.54) is 18.2 Å². The summed E-state index contributed by atoms with van der Waals surface area (Å²) in [6.45, 7) is 1.66. The van der Waals surface area contributed by atoms with E-state index in [4.69, 9.17) is 22.4 Å². The molecule has 0 aliphatic rings. The Labute approximate surface area is 87.5 Å². The topological polar surface area (TPSA) is 46.2 Å². The molecule has 1 rings (SSSR count). The molecule has 0 heterocycles. The van der Waals surface area contributed by atoms with Crippen molar-refractivity contribution in [3.05, 3.63) is 34.6 Å². The van der Waals surface area contributed by atoms with Crippen molar-refractivity contribution in [1.82, 2.24) is 0 Å². The first-order valence-corrected chi connectivity index (χ1v) is 4.68. The van der Waals surface area contributed by atoms with Crippen LogP contribution in [0.4, 0.5) is 4.39 Å². The SMILES string of the molecule is CC(CN)(CO)c1cc(Cl)ccc1F. The van der Waals surface area contributed by atoms with Crippen LogP contribution in [0.1, 0.15) is 12.5 Å². The van der Waals surface area contributed by atoms with Crippen LogP contribution in [0.5, 0.6) is 0 Å². The fourth-order valence-corrected chi connectivity index (χ4v) is 1.39. The molecule has 4 heteroatoms. The van der Waals surface area contributed by atoms with E-state index in [2.05, 4.69) is 0 Å². The van der Waals surface area contributed by atoms with E-state index in [9.17, 15) is 4.39 Å². The maximum atomic E-state index is 13.4. The lowest BCUT2D eigenvalue weighted by molar-refractivity contribution is 0.206. The van der Waals surface area contributed by atoms with E-state index in [1.54, 1.807) is 6.92 Å². The van der Waals surface area contributed by atoms with Gasteiger partial charge in [0.15, 0.2) is 0 Å². The Morgan fingerprint density at radius 3 is 2.71 bits per heavy atom. The highest BCUT2D eigenvalue weighted by Crippen LogP contribution is 2.27. The lowest BCUT2D eigenvalue weighted by atomic mass is 9.83. The van der Waals surface area contributed by atoms with Crippen molar-refractivity contribution in [2.75, 3.05) is 13.2 Å². The Morgan fingerprint density at radius 2 is 2.21 bits per heavy atom. The summed E-state index contributed by atoms with van der Waals surface area (Å²) in [6.07, 6.45) is 0. The third kappa shape index (κ3) is 2.05. The third-order valence-corrected chi connectivity index (χ3v) is 2.61. The second-order valence-corrected chi connectivity index (χ2v) is 3.98. The number of benzene rings is 1. The summed E-state index contributed by atoms with van der Waals surface area (Å²) in [5, 5.41) is 9.60. The molecular weight excluding hydrogens is 205 g/mol. The summed E-state index contributed by atoms with van der Waals surface area (Å²) in [5.41, 5.74) is 5.09. The van der Waals surface area contributed by atoms with Crippen LogP contribution in [0.2, 0.25) is 5.02 Å². The fourth-order valence-electron chi connectivity index (χ4n) is 1.22. The molecular formula is C10H13ClFNO. The molecule has 0 saturated heterocycles. The number of aliphatic hydroxyl groups excluding tert-OH is 1. The summed E-state index contributed by atoms with van der Waals surface area (Å²) < 4.78 is 13.4. The van der Waals surface area contributed by atoms with E-state index in [1.807, 2.05) is 0 Å². The van der Waals surface area contributed by atoms with Crippen LogP contribution in [0.25, 0.3) is 0 Å². The highest BCUT2D eigenvalue weighted by atomic mass is 35.5. The summed E-state index contributed by atoms with van der Waals surface area (Å²) in [7, 11) is 0. The largest absolute Gasteiger partial charge is 0.395 e. The molecule has 0 aliphatic heterocycles. The van der Waals surface area contributed by atoms with Crippen LogP contribution in [0.3, 0.4) is 0 Å². The minimum absolute atomic E-state index is 0.167. The standard InChI is InChI=1S/C10H13ClFNO/c1-10(5-13,6-14)8-4-7(11)2-3-9(8)12/h2-4,14H,5-6,13H2,1H3. The molecule has 78 valence electrons. The first-order chi connectivity index (χ1) is 6.53. The van der Waals surface area contributed by atoms with E-state index in [0.717, 1.165) is 0 Å². The molecule has 0 aromatic heterocycles. The Kier molecular flexibility index (Phi) is 3.48. The molecule has 0 saturated carbocycles. The summed E-state index contributed by atoms with van der Waals surface area (Å²) >= 11 is 5.75. The van der Waals surface area contributed by atoms with Gasteiger partial charge in [0.2, 0.25) is 0 Å². The van der Waals surface area contributed by atoms with Crippen LogP contribution < -0.4 is 5.73 Å². The molecule has 0 radical (unpaired) electrons. The lowest BCUT2D eigenvalue weighted by Gasteiger charge is -2.26. The van der Waals surface area contributed by atoms with Crippen LogP contribution >= 0.6 is 11.6 Å². The first-order valence-electron chi connectivity index (χ1n) is 4.30. The third-order valence-electron chi connectivity index (χ3n) is 2.38. The second kappa shape index (κ2) is 4.26. The summed E-state index contributed by atoms with van der Waals surface area (Å²) in [4.78, 5) is 0. The normalized spacial score (nSPS) is 15.2. The van der Waals surface area contributed by atoms with E-state index < -0.39 is 11.2 Å². The average molecular weight is 218 g/mol. The maximum Gasteiger partial charge on any atom is 0.127 e. The van der Waals surface area contributed by atoms with Crippen LogP contribution in [-0.4, -0.2) is 18.3 Å². The predicted octanol–water partition coefficient (Wildman–Crippen LogP) is 1.69. The fraction of sp³-hybridized carbons (Fsp3) is 0.400. The van der Waals surface area contributed by atoms with Crippen molar-refractivity contribution in [3.8, 4) is 0 Å². The van der Waals surface area contributed by atoms with Gasteiger partial charge in [-0.3, -0.25) is 0 Å². The van der Waals surface area contributed by atoms with Gasteiger partial charge in [-0.15, -0.1) is 0 Å². The smallest absolute Gasteiger partial charge is 0.127 e. The molecule has 1 unspecified atom stereocenters. The van der Waals surface area contributed by atoms with Crippen LogP contribution in [0.15, 0.2) is 18.2 Å². The van der Waals surface area contributed by atoms with Gasteiger partial charge in [-0.1, -0.05) is 18.5 Å². The van der Waals surface area contributed by atoms with Gasteiger partial charge in [-0.2, -0.15) is 0 Å². The molecule has 0 aliphatic carbocycles. The van der Waals surface area contributed by atoms with Gasteiger partial charge >= 0.3 is 0 Å². The maximum absolute atomic E-state index is 13.4. The molecule has 3 N–H and O–H groups in total. The Morgan fingerprint density at radius 1 is 1.57 bits per heavy atom. The highest BCUT2D eigenvalue weighted by Gasteiger charge is 2.27. The number of aliphatic hydroxyl groups is 1. The monoisotopic (exact) mass is 217 g/mol. The van der Waals surface area contributed by atoms with Crippen LogP contribution in [-0.2, 0) is 5.41 Å². The molecule has 1 atom stereocenters. The molecule has 1 aromatic rings. The summed E-state index contributed by atoms with van der Waals surface area (Å²) in [6, 6.07) is 4.25. The molecule has 0 fully saturated rings. The molecule has 0 amide bonds. The molecule has 0 bridgehead atoms. The van der Waals surface area contributed by atoms with E-state index in [0.29, 0.717) is 10.6 Å². The zero-order chi connectivity index (χ0) is 10.8. The molecule has 2 nitrogen and oxygen atoms in total. The Bertz CT molecular complexity index is 326. The average Bonchev–Trinajstić information content (AvgIpc) is 2.20. The van der Waals surface area contributed by atoms with Crippen molar-refractivity contribution in [2.45, 2.75) is 12.3 Å². The number of rotatable bonds is 3. The number of nitrogens with two attached hydrogens (primary N) is 1. The van der Waals surface area contributed by atoms with Gasteiger partial charge < -0.3 is 10.8 Å². The van der Waals surface area contributed by atoms with Gasteiger partial charge in [0, 0.05) is 17.0 Å². The minimum Gasteiger partial charge on any atom is -0.395 e. The molecule has 14 heavy (non-hydrogen) atoms. The van der Waals surface area contributed by atoms with E-state index >= 15 is 0 Å². The summed E-state index contributed by atoms with van der Waals surface area (Å²) in [5.74, 6) is -0.392. The number of hydrogen-bond donors (Lipinski definition) is 2. The van der Waals surface area contributed by atoms with Gasteiger partial charge in [0.25, 0.3) is 0 Å². The zero-order valence-electron chi connectivity index (χ0n) is 7.93. The molecule has 1 aromatic carbocycles. The number of halogens is 2. The first kappa shape index (κ1) is 11.4. The van der Waals surface area contributed by atoms with Gasteiger partial charge in [-0.05, 0) is 23.8 Å². The lowest BCUT2D eigenvalue weighted by Crippen LogP contribution is -2.36. The van der Waals surface area contributed by atoms with Crippen molar-refractivity contribution >= 4 is 11.6 Å². The van der Waals surface area contributed by atoms with Crippen molar-refractivity contribution in [3.63, 3.8) is 0 Å². The number of hydrogen-bond acceptors (Lipinski definition) is 2. The van der Waals surface area contributed by atoms with Crippen molar-refractivity contribution in [1.29, 1.82) is 0 Å². The quantitative estimate of drug-likeness (QED) is 0.810. The van der Waals surface area contributed by atoms with Gasteiger partial charge in [-0.25, -0.2) is 4.39 Å². The van der Waals surface area contributed by atoms with Gasteiger partial charge in [0.1, 0.15) is 5.82 Å². The van der Waals surface area contributed by atoms with Crippen LogP contribution in [0, 0.1) is 5.82 Å². The van der Waals surface area contributed by atoms with Gasteiger partial charge in [0.05, 0.1) is 6.61 Å². The van der Waals surface area contributed by atoms with Crippen molar-refractivity contribution in [2.24, 2.45) is 5.73 Å². The predicted molar refractivity (Wildman–Crippen MR) is 54.9 cm³/mol. The minimum atomic E-state index is -0.769. The van der Waals surface area contributed by atoms with E-state index in [-0.39, 0.29) is 13.2 Å². The Balaban J connectivity index is 3.22. The second-order valence-electron chi connectivity index (χ2n) is 3.55. The Hall–Kier alpha value is -0.640.